The number of carbonyl (C=O) groups is 15. The number of benzene rings is 6. The molecule has 1 aromatic heterocycles. The molecule has 0 unspecified atom stereocenters. The van der Waals surface area contributed by atoms with Crippen LogP contribution in [0.5, 0.6) is 23.0 Å². The molecule has 6 aromatic carbocycles. The van der Waals surface area contributed by atoms with Crippen molar-refractivity contribution in [3.05, 3.63) is 209 Å². The number of nitrogens with one attached hydrogen (secondary N) is 13. The molecule has 0 saturated carbocycles. The average molecular weight is 1690 g/mol. The van der Waals surface area contributed by atoms with E-state index >= 15 is 0 Å². The molecule has 650 valence electrons. The first-order chi connectivity index (χ1) is 58.2. The van der Waals surface area contributed by atoms with Crippen molar-refractivity contribution in [2.45, 2.75) is 164 Å². The molecule has 38 heteroatoms. The van der Waals surface area contributed by atoms with Crippen molar-refractivity contribution in [3.63, 3.8) is 0 Å². The Morgan fingerprint density at radius 3 is 1.09 bits per heavy atom. The van der Waals surface area contributed by atoms with Crippen LogP contribution in [0.1, 0.15) is 91.4 Å². The number of aromatic hydroxyl groups is 4. The Hall–Kier alpha value is -14.3. The number of rotatable bonds is 49. The number of imidazole rings is 1. The fourth-order valence-electron chi connectivity index (χ4n) is 12.6. The van der Waals surface area contributed by atoms with Gasteiger partial charge in [-0.1, -0.05) is 129 Å². The maximum Gasteiger partial charge on any atom is 0.326 e. The van der Waals surface area contributed by atoms with Crippen LogP contribution in [-0.2, 0) is 117 Å². The molecule has 0 fully saturated rings. The Morgan fingerprint density at radius 1 is 0.385 bits per heavy atom. The predicted octanol–water partition coefficient (Wildman–Crippen LogP) is -1.75. The van der Waals surface area contributed by atoms with Gasteiger partial charge in [-0.25, -0.2) is 9.78 Å². The van der Waals surface area contributed by atoms with Crippen LogP contribution in [-0.4, -0.2) is 215 Å². The molecule has 1 heterocycles. The number of hydrogen-bond acceptors (Lipinski definition) is 22. The van der Waals surface area contributed by atoms with Gasteiger partial charge in [-0.3, -0.25) is 67.1 Å². The van der Waals surface area contributed by atoms with Gasteiger partial charge in [0.15, 0.2) is 0 Å². The second-order valence-corrected chi connectivity index (χ2v) is 29.1. The summed E-state index contributed by atoms with van der Waals surface area (Å²) in [5.41, 5.74) is 20.3. The van der Waals surface area contributed by atoms with Gasteiger partial charge < -0.3 is 117 Å². The summed E-state index contributed by atoms with van der Waals surface area (Å²) in [6.07, 6.45) is -0.320. The molecule has 0 bridgehead atoms. The number of unbranched alkanes of at least 4 members (excludes halogenated alkanes) is 1. The lowest BCUT2D eigenvalue weighted by Gasteiger charge is -2.28. The third kappa shape index (κ3) is 32.2. The molecular weight excluding hydrogens is 1580 g/mol. The monoisotopic (exact) mass is 1690 g/mol. The van der Waals surface area contributed by atoms with Gasteiger partial charge in [0.05, 0.1) is 38.3 Å². The second kappa shape index (κ2) is 47.9. The number of H-pyrrole nitrogens is 1. The molecule has 0 saturated heterocycles. The molecule has 0 aliphatic carbocycles. The molecule has 7 rings (SSSR count). The number of hydrogen-bond donors (Lipinski definition) is 22. The Bertz CT molecular complexity index is 4700. The number of phenolic OH excluding ortho intramolecular Hbond substituents is 4. The number of amides is 13. The summed E-state index contributed by atoms with van der Waals surface area (Å²) in [6.45, 7) is 1.97. The topological polar surface area (TPSA) is 629 Å². The molecule has 25 N–H and O–H groups in total. The van der Waals surface area contributed by atoms with Crippen molar-refractivity contribution in [1.29, 1.82) is 0 Å². The summed E-state index contributed by atoms with van der Waals surface area (Å²) in [5.74, 6) is -17.6. The van der Waals surface area contributed by atoms with E-state index in [1.807, 2.05) is 0 Å². The maximum atomic E-state index is 14.9. The number of phenols is 4. The number of nitrogens with two attached hydrogens (primary N) is 3. The lowest BCUT2D eigenvalue weighted by Crippen LogP contribution is -2.61. The number of aromatic nitrogens is 2. The first-order valence-corrected chi connectivity index (χ1v) is 39.2. The average Bonchev–Trinajstić information content (AvgIpc) is 0.940. The summed E-state index contributed by atoms with van der Waals surface area (Å²) < 4.78 is 0. The Kier molecular flexibility index (Phi) is 37.3. The van der Waals surface area contributed by atoms with Crippen LogP contribution in [0.3, 0.4) is 0 Å². The number of nitrogens with zero attached hydrogens (tertiary/aromatic N) is 1. The van der Waals surface area contributed by atoms with Crippen LogP contribution < -0.4 is 81.0 Å². The molecular formula is C84H103N17O21. The van der Waals surface area contributed by atoms with Crippen LogP contribution >= 0.6 is 0 Å². The van der Waals surface area contributed by atoms with E-state index in [0.29, 0.717) is 47.1 Å². The standard InChI is InChI=1S/C84H103N17O21/c1-3-47(2)73(83(120)94-60(84(121)122)16-10-11-33-85)101-82(119)63(38-52-21-29-57(104)30-22-52)93-71(108)45-90-76(113)66(40-54-43-88-46-91-54)98-80(117)67(41-69(87)106)99-78(115)65(39-53-23-31-58(105)32-24-53)97-81(118)68(42-72(109)110)100-79(116)64(36-49-14-8-5-9-15-49)96-77(114)62(35-48-12-6-4-7-13-48)92-70(107)44-89-75(112)61(37-51-19-27-56(103)28-20-51)95-74(111)59(86)34-50-17-25-55(102)26-18-50/h4-9,12-15,17-32,43,46-47,59-68,73,102-105H,3,10-11,16,33-42,44-45,85-86H2,1-2H3,(H2,87,106)(H,88,91)(H,89,112)(H,90,113)(H,92,107)(H,93,108)(H,94,120)(H,95,111)(H,96,114)(H,97,118)(H,98,117)(H,99,115)(H,100,116)(H,101,119)(H,109,110)(H,121,122)/t47-,59-,60-,61-,62-,63-,64-,65-,66-,67-,68-,73-/m0/s1. The summed E-state index contributed by atoms with van der Waals surface area (Å²) >= 11 is 0. The zero-order valence-corrected chi connectivity index (χ0v) is 66.9. The van der Waals surface area contributed by atoms with Gasteiger partial charge in [0.2, 0.25) is 76.8 Å². The Balaban J connectivity index is 1.08. The van der Waals surface area contributed by atoms with E-state index < -0.39 is 200 Å². The minimum Gasteiger partial charge on any atom is -0.508 e. The number of carboxylic acids is 2. The molecule has 122 heavy (non-hydrogen) atoms. The highest BCUT2D eigenvalue weighted by Crippen LogP contribution is 2.19. The van der Waals surface area contributed by atoms with E-state index in [0.717, 1.165) is 0 Å². The fraction of sp³-hybridized carbons (Fsp3) is 0.357. The minimum atomic E-state index is -2.10. The molecule has 13 amide bonds. The normalized spacial score (nSPS) is 13.9. The van der Waals surface area contributed by atoms with E-state index in [2.05, 4.69) is 73.8 Å². The first kappa shape index (κ1) is 94.8. The Morgan fingerprint density at radius 2 is 0.721 bits per heavy atom. The number of aromatic amines is 1. The van der Waals surface area contributed by atoms with Crippen LogP contribution in [0, 0.1) is 5.92 Å². The van der Waals surface area contributed by atoms with Gasteiger partial charge in [-0.2, -0.15) is 0 Å². The van der Waals surface area contributed by atoms with Crippen molar-refractivity contribution in [2.24, 2.45) is 23.1 Å². The number of carboxylic acid groups (broad SMARTS) is 2. The molecule has 0 spiro atoms. The third-order valence-electron chi connectivity index (χ3n) is 19.5. The third-order valence-corrected chi connectivity index (χ3v) is 19.5. The first-order valence-electron chi connectivity index (χ1n) is 39.2. The van der Waals surface area contributed by atoms with Gasteiger partial charge in [0.25, 0.3) is 0 Å². The molecule has 12 atom stereocenters. The van der Waals surface area contributed by atoms with Crippen molar-refractivity contribution in [3.8, 4) is 23.0 Å². The Labute approximate surface area is 700 Å². The van der Waals surface area contributed by atoms with Gasteiger partial charge in [-0.15, -0.1) is 0 Å². The van der Waals surface area contributed by atoms with E-state index in [1.165, 1.54) is 97.5 Å². The summed E-state index contributed by atoms with van der Waals surface area (Å²) in [4.78, 5) is 216. The van der Waals surface area contributed by atoms with Crippen LogP contribution in [0.4, 0.5) is 0 Å². The van der Waals surface area contributed by atoms with Crippen LogP contribution in [0.15, 0.2) is 170 Å². The van der Waals surface area contributed by atoms with Crippen molar-refractivity contribution in [1.82, 2.24) is 73.8 Å². The fourth-order valence-corrected chi connectivity index (χ4v) is 12.6. The van der Waals surface area contributed by atoms with Crippen LogP contribution in [0.25, 0.3) is 0 Å². The quantitative estimate of drug-likeness (QED) is 0.0188. The van der Waals surface area contributed by atoms with E-state index in [-0.39, 0.29) is 79.3 Å². The second-order valence-electron chi connectivity index (χ2n) is 29.1. The van der Waals surface area contributed by atoms with E-state index in [9.17, 15) is 103 Å². The number of aliphatic carboxylic acids is 2. The van der Waals surface area contributed by atoms with E-state index in [1.54, 1.807) is 86.6 Å². The number of carbonyl (C=O) groups excluding carboxylic acids is 13. The summed E-state index contributed by atoms with van der Waals surface area (Å²) in [5, 5.41) is 90.1. The zero-order valence-electron chi connectivity index (χ0n) is 66.9. The highest BCUT2D eigenvalue weighted by atomic mass is 16.4. The van der Waals surface area contributed by atoms with Crippen LogP contribution in [0.2, 0.25) is 0 Å². The lowest BCUT2D eigenvalue weighted by atomic mass is 9.96. The molecule has 38 nitrogen and oxygen atoms in total. The van der Waals surface area contributed by atoms with Crippen molar-refractivity contribution in [2.75, 3.05) is 19.6 Å². The molecule has 0 radical (unpaired) electrons. The minimum absolute atomic E-state index is 0.00657. The van der Waals surface area contributed by atoms with E-state index in [4.69, 9.17) is 17.2 Å². The van der Waals surface area contributed by atoms with Gasteiger partial charge in [0, 0.05) is 50.4 Å². The largest absolute Gasteiger partial charge is 0.508 e. The molecule has 7 aromatic rings. The highest BCUT2D eigenvalue weighted by molar-refractivity contribution is 6.01. The van der Waals surface area contributed by atoms with Crippen molar-refractivity contribution >= 4 is 88.7 Å². The summed E-state index contributed by atoms with van der Waals surface area (Å²) in [7, 11) is 0. The molecule has 0 aliphatic rings. The zero-order chi connectivity index (χ0) is 89.0. The van der Waals surface area contributed by atoms with Gasteiger partial charge in [0.1, 0.15) is 83.4 Å². The predicted molar refractivity (Wildman–Crippen MR) is 439 cm³/mol. The summed E-state index contributed by atoms with van der Waals surface area (Å²) in [6, 6.07) is 21.1. The number of primary amides is 1. The van der Waals surface area contributed by atoms with Crippen molar-refractivity contribution < 1.29 is 103 Å². The molecule has 0 aliphatic heterocycles. The van der Waals surface area contributed by atoms with Gasteiger partial charge in [-0.05, 0) is 120 Å². The maximum absolute atomic E-state index is 14.9. The lowest BCUT2D eigenvalue weighted by molar-refractivity contribution is -0.143. The SMILES string of the molecule is CC[C@H](C)[C@H](NC(=O)[C@H](Cc1ccc(O)cc1)NC(=O)CNC(=O)[C@H](Cc1cnc[nH]1)NC(=O)[C@H](CC(N)=O)NC(=O)[C@H](Cc1ccc(O)cc1)NC(=O)[C@H](CC(=O)O)NC(=O)[C@H](Cc1ccccc1)NC(=O)[C@H](Cc1ccccc1)NC(=O)CNC(=O)[C@H](Cc1ccc(O)cc1)NC(=O)[C@@H](N)Cc1ccc(O)cc1)C(=O)N[C@@H](CCCCN)C(=O)O. The smallest absolute Gasteiger partial charge is 0.326 e. The highest BCUT2D eigenvalue weighted by Gasteiger charge is 2.38. The van der Waals surface area contributed by atoms with Gasteiger partial charge >= 0.3 is 11.9 Å².